The molecular formula is C7H13NO4. The third kappa shape index (κ3) is 11.4. The topological polar surface area (TPSA) is 101 Å². The third-order valence-electron chi connectivity index (χ3n) is 0.667. The minimum Gasteiger partial charge on any atom is -0.481 e. The average molecular weight is 175 g/mol. The maximum absolute atomic E-state index is 9.87. The summed E-state index contributed by atoms with van der Waals surface area (Å²) in [5, 5.41) is 16.1. The fraction of sp³-hybridized carbons (Fsp3) is 0.429. The van der Waals surface area contributed by atoms with E-state index in [1.165, 1.54) is 0 Å². The molecule has 70 valence electrons. The van der Waals surface area contributed by atoms with Crippen LogP contribution in [0.4, 0.5) is 0 Å². The van der Waals surface area contributed by atoms with Gasteiger partial charge < -0.3 is 15.9 Å². The van der Waals surface area contributed by atoms with E-state index in [0.29, 0.717) is 0 Å². The van der Waals surface area contributed by atoms with Crippen LogP contribution in [0.15, 0.2) is 12.2 Å². The van der Waals surface area contributed by atoms with Crippen LogP contribution in [0, 0.1) is 0 Å². The van der Waals surface area contributed by atoms with Crippen LogP contribution in [-0.4, -0.2) is 28.7 Å². The minimum atomic E-state index is -1.27. The SMILES string of the molecule is C=C(CC(=O)O)C(=O)O.CCN. The Balaban J connectivity index is 0. The van der Waals surface area contributed by atoms with Crippen molar-refractivity contribution in [3.8, 4) is 0 Å². The summed E-state index contributed by atoms with van der Waals surface area (Å²) in [6.07, 6.45) is -0.505. The molecule has 5 nitrogen and oxygen atoms in total. The van der Waals surface area contributed by atoms with Crippen molar-refractivity contribution in [2.45, 2.75) is 13.3 Å². The van der Waals surface area contributed by atoms with Crippen LogP contribution in [0.25, 0.3) is 0 Å². The monoisotopic (exact) mass is 175 g/mol. The summed E-state index contributed by atoms with van der Waals surface area (Å²) in [6, 6.07) is 0. The number of carboxylic acids is 2. The Morgan fingerprint density at radius 1 is 1.42 bits per heavy atom. The van der Waals surface area contributed by atoms with Crippen molar-refractivity contribution >= 4 is 11.9 Å². The summed E-state index contributed by atoms with van der Waals surface area (Å²) in [5.74, 6) is -2.44. The lowest BCUT2D eigenvalue weighted by Crippen LogP contribution is -2.04. The number of nitrogens with two attached hydrogens (primary N) is 1. The van der Waals surface area contributed by atoms with Gasteiger partial charge in [-0.25, -0.2) is 4.79 Å². The van der Waals surface area contributed by atoms with Gasteiger partial charge in [-0.1, -0.05) is 13.5 Å². The molecule has 5 heteroatoms. The largest absolute Gasteiger partial charge is 0.481 e. The maximum Gasteiger partial charge on any atom is 0.331 e. The van der Waals surface area contributed by atoms with Gasteiger partial charge >= 0.3 is 11.9 Å². The Morgan fingerprint density at radius 2 is 1.75 bits per heavy atom. The first kappa shape index (κ1) is 13.2. The van der Waals surface area contributed by atoms with Crippen LogP contribution < -0.4 is 5.73 Å². The van der Waals surface area contributed by atoms with Crippen LogP contribution >= 0.6 is 0 Å². The number of hydrogen-bond donors (Lipinski definition) is 3. The van der Waals surface area contributed by atoms with E-state index in [0.717, 1.165) is 6.54 Å². The lowest BCUT2D eigenvalue weighted by Gasteiger charge is -1.91. The second-order valence-corrected chi connectivity index (χ2v) is 1.89. The predicted molar refractivity (Wildman–Crippen MR) is 43.8 cm³/mol. The first-order chi connectivity index (χ1) is 5.45. The highest BCUT2D eigenvalue weighted by atomic mass is 16.4. The average Bonchev–Trinajstić information content (AvgIpc) is 1.87. The molecule has 0 aromatic carbocycles. The highest BCUT2D eigenvalue weighted by Gasteiger charge is 2.07. The third-order valence-corrected chi connectivity index (χ3v) is 0.667. The zero-order chi connectivity index (χ0) is 10.1. The molecule has 0 atom stereocenters. The summed E-state index contributed by atoms with van der Waals surface area (Å²) in [4.78, 5) is 19.7. The van der Waals surface area contributed by atoms with Gasteiger partial charge in [-0.2, -0.15) is 0 Å². The van der Waals surface area contributed by atoms with Crippen molar-refractivity contribution in [3.63, 3.8) is 0 Å². The number of rotatable bonds is 3. The lowest BCUT2D eigenvalue weighted by molar-refractivity contribution is -0.139. The van der Waals surface area contributed by atoms with E-state index in [1.807, 2.05) is 6.92 Å². The second-order valence-electron chi connectivity index (χ2n) is 1.89. The standard InChI is InChI=1S/C5H6O4.C2H7N/c1-3(5(8)9)2-4(6)7;1-2-3/h1-2H2,(H,6,7)(H,8,9);2-3H2,1H3. The Kier molecular flexibility index (Phi) is 8.55. The van der Waals surface area contributed by atoms with Crippen molar-refractivity contribution in [1.29, 1.82) is 0 Å². The second kappa shape index (κ2) is 7.74. The summed E-state index contributed by atoms with van der Waals surface area (Å²) in [5.41, 5.74) is 4.54. The van der Waals surface area contributed by atoms with E-state index in [1.54, 1.807) is 0 Å². The molecule has 4 N–H and O–H groups in total. The van der Waals surface area contributed by atoms with Gasteiger partial charge in [-0.15, -0.1) is 0 Å². The van der Waals surface area contributed by atoms with E-state index in [2.05, 4.69) is 6.58 Å². The van der Waals surface area contributed by atoms with Crippen molar-refractivity contribution in [2.24, 2.45) is 5.73 Å². The van der Waals surface area contributed by atoms with Crippen molar-refractivity contribution < 1.29 is 19.8 Å². The molecule has 0 bridgehead atoms. The Bertz CT molecular complexity index is 176. The molecule has 0 radical (unpaired) electrons. The molecule has 0 unspecified atom stereocenters. The van der Waals surface area contributed by atoms with Crippen LogP contribution in [0.1, 0.15) is 13.3 Å². The smallest absolute Gasteiger partial charge is 0.331 e. The highest BCUT2D eigenvalue weighted by Crippen LogP contribution is 1.95. The van der Waals surface area contributed by atoms with E-state index < -0.39 is 18.4 Å². The molecule has 0 aromatic heterocycles. The normalized spacial score (nSPS) is 7.83. The summed E-state index contributed by atoms with van der Waals surface area (Å²) in [7, 11) is 0. The van der Waals surface area contributed by atoms with Gasteiger partial charge in [0, 0.05) is 5.57 Å². The molecule has 0 spiro atoms. The maximum atomic E-state index is 9.87. The molecule has 0 aliphatic rings. The number of hydrogen-bond acceptors (Lipinski definition) is 3. The van der Waals surface area contributed by atoms with Crippen molar-refractivity contribution in [3.05, 3.63) is 12.2 Å². The fourth-order valence-electron chi connectivity index (χ4n) is 0.258. The molecular weight excluding hydrogens is 162 g/mol. The number of carbonyl (C=O) groups is 2. The van der Waals surface area contributed by atoms with Crippen molar-refractivity contribution in [2.75, 3.05) is 6.54 Å². The molecule has 0 aliphatic carbocycles. The van der Waals surface area contributed by atoms with E-state index in [9.17, 15) is 9.59 Å². The number of carboxylic acid groups (broad SMARTS) is 2. The van der Waals surface area contributed by atoms with Crippen LogP contribution in [0.5, 0.6) is 0 Å². The molecule has 0 amide bonds. The van der Waals surface area contributed by atoms with E-state index in [-0.39, 0.29) is 5.57 Å². The lowest BCUT2D eigenvalue weighted by atomic mass is 10.2. The van der Waals surface area contributed by atoms with Gasteiger partial charge in [0.15, 0.2) is 0 Å². The Morgan fingerprint density at radius 3 is 1.83 bits per heavy atom. The minimum absolute atomic E-state index is 0.303. The summed E-state index contributed by atoms with van der Waals surface area (Å²) in [6.45, 7) is 5.67. The van der Waals surface area contributed by atoms with Crippen LogP contribution in [0.3, 0.4) is 0 Å². The van der Waals surface area contributed by atoms with Gasteiger partial charge in [0.2, 0.25) is 0 Å². The zero-order valence-electron chi connectivity index (χ0n) is 6.91. The Hall–Kier alpha value is -1.36. The van der Waals surface area contributed by atoms with Gasteiger partial charge in [-0.3, -0.25) is 4.79 Å². The van der Waals surface area contributed by atoms with Crippen LogP contribution in [-0.2, 0) is 9.59 Å². The molecule has 0 saturated carbocycles. The molecule has 0 rings (SSSR count). The molecule has 0 aliphatic heterocycles. The predicted octanol–water partition coefficient (Wildman–Crippen LogP) is 0.0669. The Labute approximate surface area is 70.5 Å². The van der Waals surface area contributed by atoms with Gasteiger partial charge in [-0.05, 0) is 6.54 Å². The molecule has 0 aromatic rings. The van der Waals surface area contributed by atoms with E-state index >= 15 is 0 Å². The van der Waals surface area contributed by atoms with Gasteiger partial charge in [0.05, 0.1) is 6.42 Å². The van der Waals surface area contributed by atoms with Crippen molar-refractivity contribution in [1.82, 2.24) is 0 Å². The quantitative estimate of drug-likeness (QED) is 0.527. The summed E-state index contributed by atoms with van der Waals surface area (Å²) < 4.78 is 0. The first-order valence-electron chi connectivity index (χ1n) is 3.28. The zero-order valence-corrected chi connectivity index (χ0v) is 6.91. The van der Waals surface area contributed by atoms with Gasteiger partial charge in [0.25, 0.3) is 0 Å². The van der Waals surface area contributed by atoms with E-state index in [4.69, 9.17) is 15.9 Å². The highest BCUT2D eigenvalue weighted by molar-refractivity contribution is 5.91. The molecule has 12 heavy (non-hydrogen) atoms. The fourth-order valence-corrected chi connectivity index (χ4v) is 0.258. The molecule has 0 heterocycles. The number of aliphatic carboxylic acids is 2. The molecule has 0 saturated heterocycles. The van der Waals surface area contributed by atoms with Crippen LogP contribution in [0.2, 0.25) is 0 Å². The first-order valence-corrected chi connectivity index (χ1v) is 3.28. The van der Waals surface area contributed by atoms with Gasteiger partial charge in [0.1, 0.15) is 0 Å². The molecule has 0 fully saturated rings. The summed E-state index contributed by atoms with van der Waals surface area (Å²) >= 11 is 0.